The van der Waals surface area contributed by atoms with Gasteiger partial charge in [0.15, 0.2) is 0 Å². The number of methoxy groups -OCH3 is 1. The Kier molecular flexibility index (Phi) is 6.88. The van der Waals surface area contributed by atoms with Crippen LogP contribution in [0.15, 0.2) is 42.5 Å². The summed E-state index contributed by atoms with van der Waals surface area (Å²) < 4.78 is 4.83. The van der Waals surface area contributed by atoms with Crippen molar-refractivity contribution in [3.63, 3.8) is 0 Å². The second kappa shape index (κ2) is 9.56. The summed E-state index contributed by atoms with van der Waals surface area (Å²) in [5.41, 5.74) is 5.34. The van der Waals surface area contributed by atoms with Gasteiger partial charge in [-0.25, -0.2) is 4.79 Å². The Morgan fingerprint density at radius 3 is 2.59 bits per heavy atom. The van der Waals surface area contributed by atoms with Crippen LogP contribution in [0.5, 0.6) is 0 Å². The molecule has 2 N–H and O–H groups in total. The molecule has 1 aliphatic rings. The highest BCUT2D eigenvalue weighted by Crippen LogP contribution is 2.35. The van der Waals surface area contributed by atoms with E-state index in [0.717, 1.165) is 24.9 Å². The molecule has 0 spiro atoms. The van der Waals surface area contributed by atoms with E-state index < -0.39 is 0 Å². The van der Waals surface area contributed by atoms with Gasteiger partial charge in [-0.3, -0.25) is 4.79 Å². The van der Waals surface area contributed by atoms with Crippen LogP contribution < -0.4 is 10.6 Å². The summed E-state index contributed by atoms with van der Waals surface area (Å²) in [6.45, 7) is 5.40. The van der Waals surface area contributed by atoms with Crippen LogP contribution in [0.4, 0.5) is 10.5 Å². The minimum atomic E-state index is -0.206. The van der Waals surface area contributed by atoms with Crippen molar-refractivity contribution in [3.05, 3.63) is 64.7 Å². The van der Waals surface area contributed by atoms with Crippen LogP contribution in [-0.2, 0) is 16.1 Å². The van der Waals surface area contributed by atoms with Crippen molar-refractivity contribution in [3.8, 4) is 0 Å². The fourth-order valence-electron chi connectivity index (χ4n) is 4.03. The highest BCUT2D eigenvalue weighted by atomic mass is 16.5. The minimum absolute atomic E-state index is 0.00955. The second-order valence-electron chi connectivity index (χ2n) is 7.50. The van der Waals surface area contributed by atoms with E-state index in [1.165, 1.54) is 23.8 Å². The summed E-state index contributed by atoms with van der Waals surface area (Å²) in [7, 11) is 1.48. The maximum atomic E-state index is 12.9. The molecule has 1 aliphatic heterocycles. The largest absolute Gasteiger partial charge is 0.375 e. The number of carbonyl (C=O) groups is 2. The third-order valence-electron chi connectivity index (χ3n) is 5.32. The maximum absolute atomic E-state index is 12.9. The molecule has 3 amide bonds. The highest BCUT2D eigenvalue weighted by Gasteiger charge is 2.31. The molecule has 6 nitrogen and oxygen atoms in total. The normalized spacial score (nSPS) is 16.0. The molecule has 0 radical (unpaired) electrons. The summed E-state index contributed by atoms with van der Waals surface area (Å²) in [4.78, 5) is 26.5. The number of ether oxygens (including phenoxy) is 1. The molecular formula is C23H29N3O3. The number of anilines is 1. The van der Waals surface area contributed by atoms with Gasteiger partial charge in [0.2, 0.25) is 5.91 Å². The van der Waals surface area contributed by atoms with Crippen molar-refractivity contribution in [1.82, 2.24) is 10.2 Å². The smallest absolute Gasteiger partial charge is 0.318 e. The summed E-state index contributed by atoms with van der Waals surface area (Å²) in [6.07, 6.45) is 1.99. The summed E-state index contributed by atoms with van der Waals surface area (Å²) in [5, 5.41) is 5.81. The predicted molar refractivity (Wildman–Crippen MR) is 114 cm³/mol. The van der Waals surface area contributed by atoms with Crippen molar-refractivity contribution >= 4 is 17.6 Å². The number of hydrogen-bond acceptors (Lipinski definition) is 3. The van der Waals surface area contributed by atoms with Gasteiger partial charge in [0.1, 0.15) is 6.61 Å². The van der Waals surface area contributed by atoms with Crippen LogP contribution in [0.1, 0.15) is 41.1 Å². The maximum Gasteiger partial charge on any atom is 0.318 e. The third kappa shape index (κ3) is 5.15. The van der Waals surface area contributed by atoms with Gasteiger partial charge in [-0.05, 0) is 61.1 Å². The summed E-state index contributed by atoms with van der Waals surface area (Å²) >= 11 is 0. The van der Waals surface area contributed by atoms with Crippen molar-refractivity contribution in [2.75, 3.05) is 25.6 Å². The fourth-order valence-corrected chi connectivity index (χ4v) is 4.03. The van der Waals surface area contributed by atoms with E-state index in [-0.39, 0.29) is 24.6 Å². The Labute approximate surface area is 172 Å². The first-order chi connectivity index (χ1) is 14.0. The monoisotopic (exact) mass is 395 g/mol. The van der Waals surface area contributed by atoms with E-state index in [1.54, 1.807) is 0 Å². The Bertz CT molecular complexity index is 861. The number of urea groups is 1. The zero-order chi connectivity index (χ0) is 20.8. The molecule has 6 heteroatoms. The number of rotatable bonds is 6. The first-order valence-corrected chi connectivity index (χ1v) is 9.98. The van der Waals surface area contributed by atoms with Crippen LogP contribution in [0.3, 0.4) is 0 Å². The molecule has 0 aliphatic carbocycles. The number of likely N-dealkylation sites (tertiary alicyclic amines) is 1. The molecule has 2 aromatic rings. The zero-order valence-electron chi connectivity index (χ0n) is 17.3. The number of aryl methyl sites for hydroxylation is 2. The molecule has 1 heterocycles. The van der Waals surface area contributed by atoms with Crippen LogP contribution >= 0.6 is 0 Å². The number of carbonyl (C=O) groups excluding carboxylic acids is 2. The molecule has 2 aromatic carbocycles. The lowest BCUT2D eigenvalue weighted by Crippen LogP contribution is -2.39. The predicted octanol–water partition coefficient (Wildman–Crippen LogP) is 3.94. The molecule has 0 aromatic heterocycles. The van der Waals surface area contributed by atoms with E-state index in [0.29, 0.717) is 12.2 Å². The minimum Gasteiger partial charge on any atom is -0.375 e. The summed E-state index contributed by atoms with van der Waals surface area (Å²) in [5.74, 6) is -0.206. The molecule has 0 saturated carbocycles. The molecule has 29 heavy (non-hydrogen) atoms. The Balaban J connectivity index is 1.64. The standard InChI is InChI=1S/C23H29N3O3/c1-16-7-4-8-17(2)22(16)20-11-6-12-26(20)23(28)24-14-18-9-5-10-19(13-18)25-21(27)15-29-3/h4-5,7-10,13,20H,6,11-12,14-15H2,1-3H3,(H,24,28)(H,25,27). The van der Waals surface area contributed by atoms with Gasteiger partial charge in [-0.1, -0.05) is 30.3 Å². The molecule has 154 valence electrons. The van der Waals surface area contributed by atoms with Crippen LogP contribution in [0, 0.1) is 13.8 Å². The number of benzene rings is 2. The zero-order valence-corrected chi connectivity index (χ0v) is 17.3. The third-order valence-corrected chi connectivity index (χ3v) is 5.32. The van der Waals surface area contributed by atoms with E-state index in [2.05, 4.69) is 42.7 Å². The van der Waals surface area contributed by atoms with E-state index in [9.17, 15) is 9.59 Å². The molecule has 3 rings (SSSR count). The fraction of sp³-hybridized carbons (Fsp3) is 0.391. The van der Waals surface area contributed by atoms with E-state index >= 15 is 0 Å². The van der Waals surface area contributed by atoms with Gasteiger partial charge >= 0.3 is 6.03 Å². The molecule has 0 bridgehead atoms. The van der Waals surface area contributed by atoms with Crippen LogP contribution in [-0.4, -0.2) is 37.1 Å². The van der Waals surface area contributed by atoms with Gasteiger partial charge in [-0.15, -0.1) is 0 Å². The van der Waals surface area contributed by atoms with E-state index in [1.807, 2.05) is 29.2 Å². The molecule has 1 saturated heterocycles. The second-order valence-corrected chi connectivity index (χ2v) is 7.50. The quantitative estimate of drug-likeness (QED) is 0.778. The van der Waals surface area contributed by atoms with E-state index in [4.69, 9.17) is 4.74 Å². The Morgan fingerprint density at radius 1 is 1.14 bits per heavy atom. The first kappa shape index (κ1) is 20.9. The van der Waals surface area contributed by atoms with Crippen LogP contribution in [0.25, 0.3) is 0 Å². The van der Waals surface area contributed by atoms with Gasteiger partial charge < -0.3 is 20.3 Å². The molecule has 1 unspecified atom stereocenters. The molecular weight excluding hydrogens is 366 g/mol. The van der Waals surface area contributed by atoms with Gasteiger partial charge in [0, 0.05) is 25.9 Å². The lowest BCUT2D eigenvalue weighted by atomic mass is 9.94. The van der Waals surface area contributed by atoms with Crippen molar-refractivity contribution in [2.45, 2.75) is 39.3 Å². The average Bonchev–Trinajstić information content (AvgIpc) is 3.16. The van der Waals surface area contributed by atoms with Crippen molar-refractivity contribution < 1.29 is 14.3 Å². The number of nitrogens with zero attached hydrogens (tertiary/aromatic N) is 1. The van der Waals surface area contributed by atoms with Gasteiger partial charge in [0.05, 0.1) is 6.04 Å². The Hall–Kier alpha value is -2.86. The van der Waals surface area contributed by atoms with Crippen molar-refractivity contribution in [1.29, 1.82) is 0 Å². The number of hydrogen-bond donors (Lipinski definition) is 2. The highest BCUT2D eigenvalue weighted by molar-refractivity contribution is 5.91. The number of amides is 3. The van der Waals surface area contributed by atoms with Gasteiger partial charge in [0.25, 0.3) is 0 Å². The SMILES string of the molecule is COCC(=O)Nc1cccc(CNC(=O)N2CCCC2c2c(C)cccc2C)c1. The lowest BCUT2D eigenvalue weighted by Gasteiger charge is -2.28. The average molecular weight is 396 g/mol. The molecule has 1 fully saturated rings. The molecule has 1 atom stereocenters. The van der Waals surface area contributed by atoms with Gasteiger partial charge in [-0.2, -0.15) is 0 Å². The summed E-state index contributed by atoms with van der Waals surface area (Å²) in [6, 6.07) is 13.8. The van der Waals surface area contributed by atoms with Crippen molar-refractivity contribution in [2.24, 2.45) is 0 Å². The lowest BCUT2D eigenvalue weighted by molar-refractivity contribution is -0.119. The Morgan fingerprint density at radius 2 is 1.86 bits per heavy atom. The van der Waals surface area contributed by atoms with Crippen LogP contribution in [0.2, 0.25) is 0 Å². The number of nitrogens with one attached hydrogen (secondary N) is 2. The topological polar surface area (TPSA) is 70.7 Å². The first-order valence-electron chi connectivity index (χ1n) is 9.98.